The Morgan fingerprint density at radius 2 is 1.79 bits per heavy atom. The summed E-state index contributed by atoms with van der Waals surface area (Å²) in [7, 11) is 1.98. The number of furan rings is 1. The van der Waals surface area contributed by atoms with E-state index < -0.39 is 0 Å². The average molecular weight is 441 g/mol. The van der Waals surface area contributed by atoms with Crippen molar-refractivity contribution in [1.82, 2.24) is 5.01 Å². The predicted molar refractivity (Wildman–Crippen MR) is 129 cm³/mol. The fraction of sp³-hybridized carbons (Fsp3) is 0.333. The maximum atomic E-state index is 13.7. The number of hydrogen-bond acceptors (Lipinski definition) is 5. The van der Waals surface area contributed by atoms with E-state index >= 15 is 0 Å². The van der Waals surface area contributed by atoms with Crippen LogP contribution in [-0.4, -0.2) is 29.3 Å². The summed E-state index contributed by atoms with van der Waals surface area (Å²) in [6, 6.07) is 20.2. The van der Waals surface area contributed by atoms with Gasteiger partial charge in [0.15, 0.2) is 0 Å². The van der Waals surface area contributed by atoms with Gasteiger partial charge in [0.05, 0.1) is 17.5 Å². The molecule has 1 unspecified atom stereocenters. The van der Waals surface area contributed by atoms with Crippen molar-refractivity contribution in [3.8, 4) is 0 Å². The third kappa shape index (κ3) is 3.32. The summed E-state index contributed by atoms with van der Waals surface area (Å²) >= 11 is 0. The molecule has 1 aromatic heterocycles. The summed E-state index contributed by atoms with van der Waals surface area (Å²) < 4.78 is 5.61. The standard InChI is InChI=1S/C27H28N4O2/c1-30-24(25-10-7-17-33-25)18-23(29-30)19-11-13-20(14-12-19)31-26(32)21-8-3-4-9-22(21)28-27(31)15-5-2-6-16-27/h3-4,7-14,17,24,28H,2,5-6,15-16,18H2,1H3. The molecule has 6 heteroatoms. The third-order valence-electron chi connectivity index (χ3n) is 7.28. The summed E-state index contributed by atoms with van der Waals surface area (Å²) in [5.74, 6) is 1.01. The highest BCUT2D eigenvalue weighted by Crippen LogP contribution is 2.43. The Kier molecular flexibility index (Phi) is 4.75. The summed E-state index contributed by atoms with van der Waals surface area (Å²) in [6.07, 6.45) is 7.87. The fourth-order valence-electron chi connectivity index (χ4n) is 5.61. The topological polar surface area (TPSA) is 61.1 Å². The van der Waals surface area contributed by atoms with Crippen LogP contribution in [0.5, 0.6) is 0 Å². The molecule has 6 nitrogen and oxygen atoms in total. The number of rotatable bonds is 3. The zero-order valence-electron chi connectivity index (χ0n) is 18.8. The van der Waals surface area contributed by atoms with E-state index in [0.717, 1.165) is 66.1 Å². The minimum absolute atomic E-state index is 0.0785. The van der Waals surface area contributed by atoms with E-state index in [1.54, 1.807) is 6.26 Å². The summed E-state index contributed by atoms with van der Waals surface area (Å²) in [5.41, 5.74) is 4.37. The molecule has 1 atom stereocenters. The van der Waals surface area contributed by atoms with Crippen LogP contribution < -0.4 is 10.2 Å². The number of anilines is 2. The molecule has 1 fully saturated rings. The zero-order chi connectivity index (χ0) is 22.4. The molecule has 1 aliphatic carbocycles. The second-order valence-electron chi connectivity index (χ2n) is 9.31. The lowest BCUT2D eigenvalue weighted by Crippen LogP contribution is -2.61. The number of amides is 1. The first-order chi connectivity index (χ1) is 16.1. The number of para-hydroxylation sites is 1. The monoisotopic (exact) mass is 440 g/mol. The van der Waals surface area contributed by atoms with Crippen LogP contribution in [0.2, 0.25) is 0 Å². The Bertz CT molecular complexity index is 1190. The van der Waals surface area contributed by atoms with Gasteiger partial charge in [-0.3, -0.25) is 14.7 Å². The number of hydrogen-bond donors (Lipinski definition) is 1. The second kappa shape index (κ2) is 7.80. The number of fused-ring (bicyclic) bond motifs is 1. The molecular weight excluding hydrogens is 412 g/mol. The van der Waals surface area contributed by atoms with E-state index in [0.29, 0.717) is 0 Å². The molecule has 3 aromatic rings. The first-order valence-corrected chi connectivity index (χ1v) is 11.8. The average Bonchev–Trinajstić information content (AvgIpc) is 3.50. The smallest absolute Gasteiger partial charge is 0.262 e. The molecule has 0 saturated heterocycles. The SMILES string of the molecule is CN1N=C(c2ccc(N3C(=O)c4ccccc4NC34CCCCC4)cc2)CC1c1ccco1. The first-order valence-electron chi connectivity index (χ1n) is 11.8. The van der Waals surface area contributed by atoms with Gasteiger partial charge in [-0.2, -0.15) is 5.10 Å². The van der Waals surface area contributed by atoms with Crippen LogP contribution in [0.3, 0.4) is 0 Å². The summed E-state index contributed by atoms with van der Waals surface area (Å²) in [5, 5.41) is 10.5. The van der Waals surface area contributed by atoms with Gasteiger partial charge in [-0.15, -0.1) is 0 Å². The Balaban J connectivity index is 1.32. The molecule has 1 amide bonds. The van der Waals surface area contributed by atoms with E-state index in [9.17, 15) is 4.79 Å². The highest BCUT2D eigenvalue weighted by atomic mass is 16.3. The molecule has 0 radical (unpaired) electrons. The van der Waals surface area contributed by atoms with E-state index in [-0.39, 0.29) is 17.6 Å². The molecule has 0 bridgehead atoms. The van der Waals surface area contributed by atoms with Crippen molar-refractivity contribution in [3.63, 3.8) is 0 Å². The van der Waals surface area contributed by atoms with Crippen LogP contribution in [0.4, 0.5) is 11.4 Å². The highest BCUT2D eigenvalue weighted by Gasteiger charge is 2.46. The molecule has 3 aliphatic rings. The zero-order valence-corrected chi connectivity index (χ0v) is 18.8. The van der Waals surface area contributed by atoms with E-state index in [1.807, 2.05) is 53.4 Å². The minimum Gasteiger partial charge on any atom is -0.467 e. The Morgan fingerprint density at radius 1 is 1.00 bits per heavy atom. The molecule has 2 aliphatic heterocycles. The quantitative estimate of drug-likeness (QED) is 0.560. The molecule has 168 valence electrons. The van der Waals surface area contributed by atoms with E-state index in [1.165, 1.54) is 6.42 Å². The van der Waals surface area contributed by atoms with Crippen molar-refractivity contribution in [2.45, 2.75) is 50.2 Å². The molecule has 1 spiro atoms. The summed E-state index contributed by atoms with van der Waals surface area (Å²) in [4.78, 5) is 15.7. The predicted octanol–water partition coefficient (Wildman–Crippen LogP) is 5.79. The maximum Gasteiger partial charge on any atom is 0.262 e. The van der Waals surface area contributed by atoms with Crippen molar-refractivity contribution in [1.29, 1.82) is 0 Å². The molecule has 2 aromatic carbocycles. The van der Waals surface area contributed by atoms with E-state index in [2.05, 4.69) is 29.6 Å². The summed E-state index contributed by atoms with van der Waals surface area (Å²) in [6.45, 7) is 0. The Labute approximate surface area is 193 Å². The number of benzene rings is 2. The Hall–Kier alpha value is -3.54. The van der Waals surface area contributed by atoms with Crippen molar-refractivity contribution in [2.75, 3.05) is 17.3 Å². The second-order valence-corrected chi connectivity index (χ2v) is 9.31. The maximum absolute atomic E-state index is 13.7. The number of nitrogens with one attached hydrogen (secondary N) is 1. The van der Waals surface area contributed by atoms with Crippen molar-refractivity contribution >= 4 is 23.0 Å². The highest BCUT2D eigenvalue weighted by molar-refractivity contribution is 6.13. The molecule has 3 heterocycles. The van der Waals surface area contributed by atoms with Crippen LogP contribution in [0, 0.1) is 0 Å². The van der Waals surface area contributed by atoms with Gasteiger partial charge in [0.25, 0.3) is 5.91 Å². The van der Waals surface area contributed by atoms with E-state index in [4.69, 9.17) is 9.52 Å². The van der Waals surface area contributed by atoms with Gasteiger partial charge in [0, 0.05) is 24.8 Å². The normalized spacial score (nSPS) is 21.7. The number of carbonyl (C=O) groups excluding carboxylic acids is 1. The fourth-order valence-corrected chi connectivity index (χ4v) is 5.61. The first kappa shape index (κ1) is 20.1. The van der Waals surface area contributed by atoms with Crippen LogP contribution in [-0.2, 0) is 0 Å². The molecule has 1 saturated carbocycles. The molecule has 33 heavy (non-hydrogen) atoms. The largest absolute Gasteiger partial charge is 0.467 e. The van der Waals surface area contributed by atoms with Gasteiger partial charge in [-0.25, -0.2) is 0 Å². The van der Waals surface area contributed by atoms with Crippen molar-refractivity contribution < 1.29 is 9.21 Å². The van der Waals surface area contributed by atoms with Crippen LogP contribution in [0.25, 0.3) is 0 Å². The van der Waals surface area contributed by atoms with Crippen molar-refractivity contribution in [2.24, 2.45) is 5.10 Å². The lowest BCUT2D eigenvalue weighted by Gasteiger charge is -2.50. The minimum atomic E-state index is -0.360. The number of carbonyl (C=O) groups is 1. The lowest BCUT2D eigenvalue weighted by molar-refractivity contribution is 0.0938. The van der Waals surface area contributed by atoms with Crippen molar-refractivity contribution in [3.05, 3.63) is 83.8 Å². The lowest BCUT2D eigenvalue weighted by atomic mass is 9.84. The van der Waals surface area contributed by atoms with Crippen LogP contribution in [0.1, 0.15) is 66.2 Å². The molecule has 1 N–H and O–H groups in total. The van der Waals surface area contributed by atoms with Crippen LogP contribution >= 0.6 is 0 Å². The molecule has 6 rings (SSSR count). The van der Waals surface area contributed by atoms with Gasteiger partial charge in [0.2, 0.25) is 0 Å². The molecular formula is C27H28N4O2. The number of nitrogens with zero attached hydrogens (tertiary/aromatic N) is 3. The van der Waals surface area contributed by atoms with Gasteiger partial charge in [0.1, 0.15) is 17.5 Å². The van der Waals surface area contributed by atoms with Gasteiger partial charge < -0.3 is 9.73 Å². The van der Waals surface area contributed by atoms with Gasteiger partial charge in [-0.05, 0) is 67.6 Å². The van der Waals surface area contributed by atoms with Gasteiger partial charge in [-0.1, -0.05) is 30.7 Å². The van der Waals surface area contributed by atoms with Crippen LogP contribution in [0.15, 0.2) is 76.4 Å². The number of hydrazone groups is 1. The van der Waals surface area contributed by atoms with Gasteiger partial charge >= 0.3 is 0 Å². The Morgan fingerprint density at radius 3 is 2.55 bits per heavy atom. The third-order valence-corrected chi connectivity index (χ3v) is 7.28.